The summed E-state index contributed by atoms with van der Waals surface area (Å²) >= 11 is 0. The minimum Gasteiger partial charge on any atom is -0.257 e. The van der Waals surface area contributed by atoms with E-state index in [4.69, 9.17) is 0 Å². The van der Waals surface area contributed by atoms with Crippen LogP contribution >= 0.6 is 0 Å². The van der Waals surface area contributed by atoms with E-state index in [1.165, 1.54) is 41.8 Å². The van der Waals surface area contributed by atoms with Crippen molar-refractivity contribution in [1.29, 1.82) is 0 Å². The Morgan fingerprint density at radius 3 is 2.69 bits per heavy atom. The van der Waals surface area contributed by atoms with Gasteiger partial charge in [0.2, 0.25) is 0 Å². The number of aliphatic imine (C=N–C) groups is 1. The van der Waals surface area contributed by atoms with Crippen LogP contribution in [0.3, 0.4) is 0 Å². The average molecular weight is 215 g/mol. The highest BCUT2D eigenvalue weighted by Gasteiger charge is 2.31. The number of unbranched alkanes of at least 4 members (excludes halogenated alkanes) is 1. The molecule has 0 radical (unpaired) electrons. The van der Waals surface area contributed by atoms with Crippen molar-refractivity contribution in [2.45, 2.75) is 52.4 Å². The summed E-state index contributed by atoms with van der Waals surface area (Å²) in [7, 11) is 0. The van der Waals surface area contributed by atoms with Gasteiger partial charge in [-0.25, -0.2) is 0 Å². The third kappa shape index (κ3) is 1.79. The Balaban J connectivity index is 2.33. The number of benzene rings is 1. The maximum absolute atomic E-state index is 4.64. The van der Waals surface area contributed by atoms with E-state index >= 15 is 0 Å². The second-order valence-electron chi connectivity index (χ2n) is 5.28. The third-order valence-electron chi connectivity index (χ3n) is 3.75. The Labute approximate surface area is 98.6 Å². The van der Waals surface area contributed by atoms with Gasteiger partial charge in [0, 0.05) is 11.1 Å². The highest BCUT2D eigenvalue weighted by molar-refractivity contribution is 5.99. The lowest BCUT2D eigenvalue weighted by atomic mass is 9.81. The lowest BCUT2D eigenvalue weighted by Gasteiger charge is -2.20. The van der Waals surface area contributed by atoms with E-state index in [0.29, 0.717) is 0 Å². The van der Waals surface area contributed by atoms with Gasteiger partial charge in [0.1, 0.15) is 0 Å². The second-order valence-corrected chi connectivity index (χ2v) is 5.28. The van der Waals surface area contributed by atoms with Gasteiger partial charge >= 0.3 is 0 Å². The van der Waals surface area contributed by atoms with Crippen LogP contribution in [-0.4, -0.2) is 5.71 Å². The molecule has 0 aliphatic carbocycles. The maximum Gasteiger partial charge on any atom is 0.0670 e. The molecule has 0 saturated carbocycles. The molecule has 1 aromatic rings. The molecular weight excluding hydrogens is 194 g/mol. The highest BCUT2D eigenvalue weighted by atomic mass is 14.8. The van der Waals surface area contributed by atoms with Crippen molar-refractivity contribution < 1.29 is 0 Å². The molecule has 0 N–H and O–H groups in total. The Kier molecular flexibility index (Phi) is 2.88. The zero-order chi connectivity index (χ0) is 11.8. The van der Waals surface area contributed by atoms with E-state index in [0.717, 1.165) is 0 Å². The fraction of sp³-hybridized carbons (Fsp3) is 0.533. The van der Waals surface area contributed by atoms with Crippen molar-refractivity contribution in [2.75, 3.05) is 0 Å². The molecular formula is C15H21N. The van der Waals surface area contributed by atoms with Gasteiger partial charge in [0.25, 0.3) is 0 Å². The van der Waals surface area contributed by atoms with Crippen molar-refractivity contribution in [2.24, 2.45) is 4.99 Å². The van der Waals surface area contributed by atoms with E-state index in [2.05, 4.69) is 50.9 Å². The molecule has 1 aromatic carbocycles. The first-order valence-electron chi connectivity index (χ1n) is 6.25. The Morgan fingerprint density at radius 2 is 2.00 bits per heavy atom. The van der Waals surface area contributed by atoms with Crippen LogP contribution in [0.1, 0.15) is 51.7 Å². The van der Waals surface area contributed by atoms with Crippen LogP contribution in [0.4, 0.5) is 5.69 Å². The minimum absolute atomic E-state index is 0.123. The van der Waals surface area contributed by atoms with E-state index in [1.54, 1.807) is 0 Å². The van der Waals surface area contributed by atoms with Crippen LogP contribution < -0.4 is 0 Å². The molecule has 0 saturated heterocycles. The molecule has 0 spiro atoms. The fourth-order valence-electron chi connectivity index (χ4n) is 2.23. The van der Waals surface area contributed by atoms with Crippen LogP contribution in [-0.2, 0) is 11.8 Å². The first kappa shape index (κ1) is 11.4. The molecule has 1 heterocycles. The van der Waals surface area contributed by atoms with Crippen molar-refractivity contribution in [3.05, 3.63) is 29.3 Å². The molecule has 0 aromatic heterocycles. The van der Waals surface area contributed by atoms with E-state index in [1.807, 2.05) is 0 Å². The molecule has 0 bridgehead atoms. The molecule has 2 rings (SSSR count). The van der Waals surface area contributed by atoms with Gasteiger partial charge in [-0.1, -0.05) is 39.3 Å². The van der Waals surface area contributed by atoms with Gasteiger partial charge in [-0.3, -0.25) is 4.99 Å². The average Bonchev–Trinajstić information content (AvgIpc) is 2.48. The summed E-state index contributed by atoms with van der Waals surface area (Å²) in [6.45, 7) is 8.90. The van der Waals surface area contributed by atoms with Gasteiger partial charge < -0.3 is 0 Å². The first-order valence-corrected chi connectivity index (χ1v) is 6.25. The van der Waals surface area contributed by atoms with Gasteiger partial charge in [-0.2, -0.15) is 0 Å². The summed E-state index contributed by atoms with van der Waals surface area (Å²) in [6, 6.07) is 6.76. The van der Waals surface area contributed by atoms with Crippen LogP contribution in [0.5, 0.6) is 0 Å². The summed E-state index contributed by atoms with van der Waals surface area (Å²) in [5, 5.41) is 0. The van der Waals surface area contributed by atoms with E-state index in [-0.39, 0.29) is 5.41 Å². The number of rotatable bonds is 3. The highest BCUT2D eigenvalue weighted by Crippen LogP contribution is 2.40. The number of nitrogens with zero attached hydrogens (tertiary/aromatic N) is 1. The SMILES string of the molecule is CCCCc1ccc2c(c1)C(C)(C)C(C)=N2. The smallest absolute Gasteiger partial charge is 0.0670 e. The Morgan fingerprint density at radius 1 is 1.25 bits per heavy atom. The molecule has 16 heavy (non-hydrogen) atoms. The largest absolute Gasteiger partial charge is 0.257 e. The van der Waals surface area contributed by atoms with Gasteiger partial charge in [-0.15, -0.1) is 0 Å². The van der Waals surface area contributed by atoms with Crippen LogP contribution in [0.25, 0.3) is 0 Å². The summed E-state index contributed by atoms with van der Waals surface area (Å²) < 4.78 is 0. The monoisotopic (exact) mass is 215 g/mol. The number of fused-ring (bicyclic) bond motifs is 1. The molecule has 0 fully saturated rings. The van der Waals surface area contributed by atoms with E-state index in [9.17, 15) is 0 Å². The molecule has 86 valence electrons. The van der Waals surface area contributed by atoms with Crippen molar-refractivity contribution in [3.8, 4) is 0 Å². The van der Waals surface area contributed by atoms with E-state index < -0.39 is 0 Å². The zero-order valence-electron chi connectivity index (χ0n) is 10.8. The molecule has 1 heteroatoms. The van der Waals surface area contributed by atoms with Gasteiger partial charge in [0.05, 0.1) is 5.69 Å². The number of hydrogen-bond donors (Lipinski definition) is 0. The minimum atomic E-state index is 0.123. The standard InChI is InChI=1S/C15H21N/c1-5-6-7-12-8-9-14-13(10-12)15(3,4)11(2)16-14/h8-10H,5-7H2,1-4H3. The quantitative estimate of drug-likeness (QED) is 0.708. The predicted molar refractivity (Wildman–Crippen MR) is 70.8 cm³/mol. The summed E-state index contributed by atoms with van der Waals surface area (Å²) in [6.07, 6.45) is 3.73. The lowest BCUT2D eigenvalue weighted by molar-refractivity contribution is 0.728. The Bertz CT molecular complexity index is 427. The zero-order valence-corrected chi connectivity index (χ0v) is 10.8. The van der Waals surface area contributed by atoms with Crippen LogP contribution in [0.2, 0.25) is 0 Å². The van der Waals surface area contributed by atoms with Crippen molar-refractivity contribution in [1.82, 2.24) is 0 Å². The van der Waals surface area contributed by atoms with Crippen LogP contribution in [0.15, 0.2) is 23.2 Å². The maximum atomic E-state index is 4.64. The van der Waals surface area contributed by atoms with Crippen LogP contribution in [0, 0.1) is 0 Å². The lowest BCUT2D eigenvalue weighted by Crippen LogP contribution is -2.22. The second kappa shape index (κ2) is 4.04. The molecule has 1 nitrogen and oxygen atoms in total. The summed E-state index contributed by atoms with van der Waals surface area (Å²) in [4.78, 5) is 4.64. The number of aryl methyl sites for hydroxylation is 1. The predicted octanol–water partition coefficient (Wildman–Crippen LogP) is 4.41. The summed E-state index contributed by atoms with van der Waals surface area (Å²) in [5.74, 6) is 0. The fourth-order valence-corrected chi connectivity index (χ4v) is 2.23. The molecule has 1 aliphatic rings. The Hall–Kier alpha value is -1.11. The number of hydrogen-bond acceptors (Lipinski definition) is 1. The molecule has 0 amide bonds. The molecule has 0 atom stereocenters. The third-order valence-corrected chi connectivity index (χ3v) is 3.75. The van der Waals surface area contributed by atoms with Crippen molar-refractivity contribution in [3.63, 3.8) is 0 Å². The van der Waals surface area contributed by atoms with Gasteiger partial charge in [0.15, 0.2) is 0 Å². The van der Waals surface area contributed by atoms with Gasteiger partial charge in [-0.05, 0) is 37.0 Å². The normalized spacial score (nSPS) is 17.1. The molecule has 0 unspecified atom stereocenters. The summed E-state index contributed by atoms with van der Waals surface area (Å²) in [5.41, 5.74) is 5.38. The topological polar surface area (TPSA) is 12.4 Å². The van der Waals surface area contributed by atoms with Crippen molar-refractivity contribution >= 4 is 11.4 Å². The first-order chi connectivity index (χ1) is 7.55. The molecule has 1 aliphatic heterocycles.